The number of carbonyl (C=O) groups is 1. The van der Waals surface area contributed by atoms with Crippen molar-refractivity contribution in [2.45, 2.75) is 46.7 Å². The van der Waals surface area contributed by atoms with Gasteiger partial charge in [0.2, 0.25) is 0 Å². The molecule has 0 bridgehead atoms. The Morgan fingerprint density at radius 1 is 1.23 bits per heavy atom. The zero-order valence-corrected chi connectivity index (χ0v) is 16.1. The Morgan fingerprint density at radius 2 is 2.04 bits per heavy atom. The van der Waals surface area contributed by atoms with Gasteiger partial charge >= 0.3 is 0 Å². The van der Waals surface area contributed by atoms with E-state index in [1.807, 2.05) is 27.0 Å². The van der Waals surface area contributed by atoms with Crippen LogP contribution in [-0.4, -0.2) is 31.6 Å². The van der Waals surface area contributed by atoms with Crippen LogP contribution in [0.4, 0.5) is 0 Å². The van der Waals surface area contributed by atoms with Crippen LogP contribution < -0.4 is 10.9 Å². The fourth-order valence-electron chi connectivity index (χ4n) is 2.95. The van der Waals surface area contributed by atoms with E-state index in [0.717, 1.165) is 30.8 Å². The van der Waals surface area contributed by atoms with E-state index in [1.165, 1.54) is 11.3 Å². The van der Waals surface area contributed by atoms with Crippen LogP contribution >= 0.6 is 11.3 Å². The first kappa shape index (κ1) is 18.3. The molecule has 138 valence electrons. The van der Waals surface area contributed by atoms with Crippen molar-refractivity contribution < 1.29 is 4.79 Å². The summed E-state index contributed by atoms with van der Waals surface area (Å²) in [5, 5.41) is 3.50. The lowest BCUT2D eigenvalue weighted by atomic mass is 10.2. The summed E-state index contributed by atoms with van der Waals surface area (Å²) in [6, 6.07) is 0. The van der Waals surface area contributed by atoms with Crippen molar-refractivity contribution in [1.29, 1.82) is 0 Å². The van der Waals surface area contributed by atoms with Crippen molar-refractivity contribution >= 4 is 27.5 Å². The maximum absolute atomic E-state index is 12.6. The Bertz CT molecular complexity index is 985. The molecule has 1 amide bonds. The molecule has 0 aromatic carbocycles. The zero-order chi connectivity index (χ0) is 18.7. The van der Waals surface area contributed by atoms with Crippen molar-refractivity contribution in [2.24, 2.45) is 0 Å². The molecule has 0 radical (unpaired) electrons. The van der Waals surface area contributed by atoms with E-state index in [-0.39, 0.29) is 11.5 Å². The van der Waals surface area contributed by atoms with E-state index in [1.54, 1.807) is 17.1 Å². The van der Waals surface area contributed by atoms with Gasteiger partial charge in [-0.1, -0.05) is 6.92 Å². The van der Waals surface area contributed by atoms with Crippen LogP contribution in [0.15, 0.2) is 23.5 Å². The molecule has 1 N–H and O–H groups in total. The van der Waals surface area contributed by atoms with E-state index >= 15 is 0 Å². The minimum Gasteiger partial charge on any atom is -0.351 e. The van der Waals surface area contributed by atoms with Gasteiger partial charge in [0.1, 0.15) is 10.7 Å². The van der Waals surface area contributed by atoms with E-state index in [2.05, 4.69) is 19.9 Å². The monoisotopic (exact) mass is 373 g/mol. The Labute approximate surface area is 155 Å². The second kappa shape index (κ2) is 7.82. The highest BCUT2D eigenvalue weighted by Gasteiger charge is 2.19. The zero-order valence-electron chi connectivity index (χ0n) is 15.3. The molecule has 8 heteroatoms. The van der Waals surface area contributed by atoms with Gasteiger partial charge in [0.05, 0.1) is 16.6 Å². The molecule has 3 rings (SSSR count). The van der Waals surface area contributed by atoms with Gasteiger partial charge in [0.25, 0.3) is 11.5 Å². The third-order valence-electron chi connectivity index (χ3n) is 4.37. The topological polar surface area (TPSA) is 81.8 Å². The number of hydrogen-bond donors (Lipinski definition) is 1. The number of aromatic nitrogens is 4. The molecular formula is C18H23N5O2S. The maximum atomic E-state index is 12.6. The average Bonchev–Trinajstić information content (AvgIpc) is 3.18. The Balaban J connectivity index is 1.70. The highest BCUT2D eigenvalue weighted by Crippen LogP contribution is 2.26. The molecule has 0 spiro atoms. The van der Waals surface area contributed by atoms with Crippen LogP contribution in [0.3, 0.4) is 0 Å². The van der Waals surface area contributed by atoms with Crippen LogP contribution in [0.5, 0.6) is 0 Å². The summed E-state index contributed by atoms with van der Waals surface area (Å²) in [5.74, 6) is 0.820. The van der Waals surface area contributed by atoms with Crippen LogP contribution in [0, 0.1) is 13.8 Å². The lowest BCUT2D eigenvalue weighted by molar-refractivity contribution is 0.0956. The molecule has 3 heterocycles. The Morgan fingerprint density at radius 3 is 2.73 bits per heavy atom. The van der Waals surface area contributed by atoms with Gasteiger partial charge in [-0.05, 0) is 32.3 Å². The second-order valence-electron chi connectivity index (χ2n) is 6.26. The number of hydrogen-bond acceptors (Lipinski definition) is 5. The quantitative estimate of drug-likeness (QED) is 0.645. The maximum Gasteiger partial charge on any atom is 0.262 e. The van der Waals surface area contributed by atoms with Gasteiger partial charge in [0.15, 0.2) is 0 Å². The van der Waals surface area contributed by atoms with Crippen molar-refractivity contribution in [1.82, 2.24) is 24.4 Å². The number of nitrogens with one attached hydrogen (secondary N) is 1. The largest absolute Gasteiger partial charge is 0.351 e. The SMILES string of the molecule is CCCn1cnc2sc(C(=O)NCCCn3ccnc3C)c(C)c2c1=O. The van der Waals surface area contributed by atoms with Gasteiger partial charge in [0, 0.05) is 32.0 Å². The first-order valence-electron chi connectivity index (χ1n) is 8.77. The summed E-state index contributed by atoms with van der Waals surface area (Å²) in [4.78, 5) is 34.8. The number of imidazole rings is 1. The molecule has 0 fully saturated rings. The van der Waals surface area contributed by atoms with Gasteiger partial charge in [-0.15, -0.1) is 11.3 Å². The minimum atomic E-state index is -0.144. The number of nitrogens with zero attached hydrogens (tertiary/aromatic N) is 4. The summed E-state index contributed by atoms with van der Waals surface area (Å²) >= 11 is 1.28. The predicted molar refractivity (Wildman–Crippen MR) is 103 cm³/mol. The molecule has 3 aromatic heterocycles. The molecule has 26 heavy (non-hydrogen) atoms. The number of rotatable bonds is 7. The molecule has 7 nitrogen and oxygen atoms in total. The van der Waals surface area contributed by atoms with E-state index < -0.39 is 0 Å². The third kappa shape index (κ3) is 3.55. The van der Waals surface area contributed by atoms with Crippen molar-refractivity contribution in [3.63, 3.8) is 0 Å². The third-order valence-corrected chi connectivity index (χ3v) is 5.57. The van der Waals surface area contributed by atoms with Gasteiger partial charge in [-0.25, -0.2) is 9.97 Å². The lowest BCUT2D eigenvalue weighted by Crippen LogP contribution is -2.25. The van der Waals surface area contributed by atoms with Crippen LogP contribution in [0.1, 0.15) is 40.8 Å². The normalized spacial score (nSPS) is 11.2. The van der Waals surface area contributed by atoms with E-state index in [9.17, 15) is 9.59 Å². The molecule has 0 aliphatic carbocycles. The first-order chi connectivity index (χ1) is 12.5. The summed E-state index contributed by atoms with van der Waals surface area (Å²) in [6.07, 6.45) is 6.95. The molecule has 0 saturated carbocycles. The van der Waals surface area contributed by atoms with Gasteiger partial charge < -0.3 is 9.88 Å². The van der Waals surface area contributed by atoms with Crippen LogP contribution in [0.2, 0.25) is 0 Å². The minimum absolute atomic E-state index is 0.0692. The molecule has 0 saturated heterocycles. The second-order valence-corrected chi connectivity index (χ2v) is 7.26. The summed E-state index contributed by atoms with van der Waals surface area (Å²) in [6.45, 7) is 7.80. The number of aryl methyl sites for hydroxylation is 4. The molecule has 0 aliphatic heterocycles. The lowest BCUT2D eigenvalue weighted by Gasteiger charge is -2.06. The molecular weight excluding hydrogens is 350 g/mol. The smallest absolute Gasteiger partial charge is 0.262 e. The van der Waals surface area contributed by atoms with Gasteiger partial charge in [-0.2, -0.15) is 0 Å². The number of carbonyl (C=O) groups excluding carboxylic acids is 1. The molecule has 0 unspecified atom stereocenters. The summed E-state index contributed by atoms with van der Waals surface area (Å²) in [7, 11) is 0. The van der Waals surface area contributed by atoms with Crippen LogP contribution in [-0.2, 0) is 13.1 Å². The van der Waals surface area contributed by atoms with Crippen molar-refractivity contribution in [2.75, 3.05) is 6.54 Å². The van der Waals surface area contributed by atoms with Crippen molar-refractivity contribution in [3.05, 3.63) is 45.3 Å². The first-order valence-corrected chi connectivity index (χ1v) is 9.59. The van der Waals surface area contributed by atoms with Crippen LogP contribution in [0.25, 0.3) is 10.2 Å². The van der Waals surface area contributed by atoms with Gasteiger partial charge in [-0.3, -0.25) is 14.2 Å². The molecule has 0 atom stereocenters. The van der Waals surface area contributed by atoms with E-state index in [0.29, 0.717) is 28.2 Å². The number of thiophene rings is 1. The molecule has 0 aliphatic rings. The number of fused-ring (bicyclic) bond motifs is 1. The summed E-state index contributed by atoms with van der Waals surface area (Å²) in [5.41, 5.74) is 0.649. The molecule has 3 aromatic rings. The Hall–Kier alpha value is -2.48. The predicted octanol–water partition coefficient (Wildman–Crippen LogP) is 2.50. The standard InChI is InChI=1S/C18H23N5O2S/c1-4-8-23-11-21-17-14(18(23)25)12(2)15(26-17)16(24)20-6-5-9-22-10-7-19-13(22)3/h7,10-11H,4-6,8-9H2,1-3H3,(H,20,24). The summed E-state index contributed by atoms with van der Waals surface area (Å²) < 4.78 is 3.66. The fourth-order valence-corrected chi connectivity index (χ4v) is 4.00. The highest BCUT2D eigenvalue weighted by molar-refractivity contribution is 7.20. The van der Waals surface area contributed by atoms with Crippen molar-refractivity contribution in [3.8, 4) is 0 Å². The number of amides is 1. The Kier molecular flexibility index (Phi) is 5.51. The fraction of sp³-hybridized carbons (Fsp3) is 0.444. The average molecular weight is 373 g/mol. The van der Waals surface area contributed by atoms with E-state index in [4.69, 9.17) is 0 Å². The highest BCUT2D eigenvalue weighted by atomic mass is 32.1.